The van der Waals surface area contributed by atoms with E-state index in [0.29, 0.717) is 6.42 Å². The van der Waals surface area contributed by atoms with Crippen LogP contribution in [-0.4, -0.2) is 35.5 Å². The molecule has 0 aromatic rings. The zero-order valence-corrected chi connectivity index (χ0v) is 13.1. The van der Waals surface area contributed by atoms with Gasteiger partial charge in [0.25, 0.3) is 0 Å². The number of carboxylic acid groups (broad SMARTS) is 1. The highest BCUT2D eigenvalue weighted by Gasteiger charge is 2.28. The molecule has 0 bridgehead atoms. The van der Waals surface area contributed by atoms with Crippen LogP contribution in [0.25, 0.3) is 0 Å². The molecular weight excluding hydrogens is 272 g/mol. The molecule has 0 heterocycles. The molecule has 1 rings (SSSR count). The standard InChI is InChI=1S/C15H26N2O4/c1-10(17-13(19)11-6-4-5-7-11)12(18)16-9-8-15(2,3)14(20)21/h10-11H,4-9H2,1-3H3,(H,16,18)(H,17,19)(H,20,21). The Morgan fingerprint density at radius 2 is 1.81 bits per heavy atom. The Bertz CT molecular complexity index is 400. The number of carbonyl (C=O) groups excluding carboxylic acids is 2. The second-order valence-corrected chi connectivity index (χ2v) is 6.44. The number of hydrogen-bond donors (Lipinski definition) is 3. The third-order valence-electron chi connectivity index (χ3n) is 4.11. The van der Waals surface area contributed by atoms with E-state index in [-0.39, 0.29) is 24.3 Å². The smallest absolute Gasteiger partial charge is 0.309 e. The van der Waals surface area contributed by atoms with Crippen molar-refractivity contribution < 1.29 is 19.5 Å². The molecule has 3 N–H and O–H groups in total. The highest BCUT2D eigenvalue weighted by atomic mass is 16.4. The average molecular weight is 298 g/mol. The van der Waals surface area contributed by atoms with E-state index in [4.69, 9.17) is 5.11 Å². The van der Waals surface area contributed by atoms with Crippen molar-refractivity contribution in [1.29, 1.82) is 0 Å². The molecule has 1 fully saturated rings. The van der Waals surface area contributed by atoms with Gasteiger partial charge in [0.15, 0.2) is 0 Å². The zero-order chi connectivity index (χ0) is 16.0. The van der Waals surface area contributed by atoms with Gasteiger partial charge in [0, 0.05) is 12.5 Å². The van der Waals surface area contributed by atoms with Crippen molar-refractivity contribution in [3.05, 3.63) is 0 Å². The van der Waals surface area contributed by atoms with Crippen LogP contribution in [0.4, 0.5) is 0 Å². The topological polar surface area (TPSA) is 95.5 Å². The number of hydrogen-bond acceptors (Lipinski definition) is 3. The van der Waals surface area contributed by atoms with Gasteiger partial charge in [0.2, 0.25) is 11.8 Å². The maximum Gasteiger partial charge on any atom is 0.309 e. The van der Waals surface area contributed by atoms with Crippen molar-refractivity contribution in [2.45, 2.75) is 58.9 Å². The molecule has 0 spiro atoms. The predicted octanol–water partition coefficient (Wildman–Crippen LogP) is 1.30. The number of carboxylic acids is 1. The van der Waals surface area contributed by atoms with Gasteiger partial charge < -0.3 is 15.7 Å². The van der Waals surface area contributed by atoms with Crippen LogP contribution >= 0.6 is 0 Å². The molecule has 1 unspecified atom stereocenters. The number of aliphatic carboxylic acids is 1. The average Bonchev–Trinajstić information content (AvgIpc) is 2.91. The summed E-state index contributed by atoms with van der Waals surface area (Å²) in [4.78, 5) is 34.7. The summed E-state index contributed by atoms with van der Waals surface area (Å²) in [6, 6.07) is -0.592. The maximum atomic E-state index is 11.9. The first-order valence-electron chi connectivity index (χ1n) is 7.55. The van der Waals surface area contributed by atoms with Crippen LogP contribution in [0.3, 0.4) is 0 Å². The highest BCUT2D eigenvalue weighted by molar-refractivity contribution is 5.88. The Kier molecular flexibility index (Phi) is 6.18. The predicted molar refractivity (Wildman–Crippen MR) is 78.6 cm³/mol. The number of nitrogens with one attached hydrogen (secondary N) is 2. The van der Waals surface area contributed by atoms with Crippen LogP contribution in [0.15, 0.2) is 0 Å². The molecule has 0 aromatic heterocycles. The number of rotatable bonds is 7. The van der Waals surface area contributed by atoms with E-state index >= 15 is 0 Å². The second-order valence-electron chi connectivity index (χ2n) is 6.44. The molecule has 0 saturated heterocycles. The Labute approximate surface area is 125 Å². The lowest BCUT2D eigenvalue weighted by atomic mass is 9.90. The second kappa shape index (κ2) is 7.43. The summed E-state index contributed by atoms with van der Waals surface area (Å²) in [5.41, 5.74) is -0.871. The van der Waals surface area contributed by atoms with Gasteiger partial charge in [0.1, 0.15) is 6.04 Å². The van der Waals surface area contributed by atoms with E-state index in [0.717, 1.165) is 25.7 Å². The van der Waals surface area contributed by atoms with E-state index < -0.39 is 17.4 Å². The first-order valence-corrected chi connectivity index (χ1v) is 7.55. The molecule has 1 aliphatic carbocycles. The first-order chi connectivity index (χ1) is 9.74. The van der Waals surface area contributed by atoms with Crippen LogP contribution in [0.1, 0.15) is 52.9 Å². The molecular formula is C15H26N2O4. The lowest BCUT2D eigenvalue weighted by molar-refractivity contribution is -0.147. The molecule has 120 valence electrons. The van der Waals surface area contributed by atoms with Crippen molar-refractivity contribution >= 4 is 17.8 Å². The zero-order valence-electron chi connectivity index (χ0n) is 13.1. The van der Waals surface area contributed by atoms with Crippen LogP contribution in [0.2, 0.25) is 0 Å². The normalized spacial score (nSPS) is 17.3. The van der Waals surface area contributed by atoms with E-state index in [1.165, 1.54) is 0 Å². The van der Waals surface area contributed by atoms with Gasteiger partial charge in [-0.25, -0.2) is 0 Å². The number of amides is 2. The third-order valence-corrected chi connectivity index (χ3v) is 4.11. The van der Waals surface area contributed by atoms with Gasteiger partial charge in [-0.05, 0) is 40.0 Å². The Morgan fingerprint density at radius 3 is 2.33 bits per heavy atom. The molecule has 0 aromatic carbocycles. The van der Waals surface area contributed by atoms with E-state index in [1.54, 1.807) is 20.8 Å². The van der Waals surface area contributed by atoms with E-state index in [1.807, 2.05) is 0 Å². The van der Waals surface area contributed by atoms with E-state index in [2.05, 4.69) is 10.6 Å². The SMILES string of the molecule is CC(NC(=O)C1CCCC1)C(=O)NCCC(C)(C)C(=O)O. The molecule has 6 nitrogen and oxygen atoms in total. The van der Waals surface area contributed by atoms with Crippen LogP contribution in [0.5, 0.6) is 0 Å². The van der Waals surface area contributed by atoms with Crippen molar-refractivity contribution in [1.82, 2.24) is 10.6 Å². The van der Waals surface area contributed by atoms with Gasteiger partial charge in [-0.3, -0.25) is 14.4 Å². The van der Waals surface area contributed by atoms with Crippen LogP contribution in [-0.2, 0) is 14.4 Å². The van der Waals surface area contributed by atoms with Crippen molar-refractivity contribution in [3.63, 3.8) is 0 Å². The molecule has 1 atom stereocenters. The summed E-state index contributed by atoms with van der Waals surface area (Å²) in [6.45, 7) is 5.16. The minimum absolute atomic E-state index is 0.0335. The molecule has 0 aliphatic heterocycles. The quantitative estimate of drug-likeness (QED) is 0.660. The molecule has 1 saturated carbocycles. The van der Waals surface area contributed by atoms with Gasteiger partial charge in [0.05, 0.1) is 5.41 Å². The van der Waals surface area contributed by atoms with Crippen LogP contribution in [0, 0.1) is 11.3 Å². The Balaban J connectivity index is 2.31. The monoisotopic (exact) mass is 298 g/mol. The van der Waals surface area contributed by atoms with Gasteiger partial charge >= 0.3 is 5.97 Å². The minimum atomic E-state index is -0.890. The van der Waals surface area contributed by atoms with Gasteiger partial charge in [-0.2, -0.15) is 0 Å². The first kappa shape index (κ1) is 17.5. The largest absolute Gasteiger partial charge is 0.481 e. The summed E-state index contributed by atoms with van der Waals surface area (Å²) >= 11 is 0. The van der Waals surface area contributed by atoms with Gasteiger partial charge in [-0.1, -0.05) is 12.8 Å². The molecule has 2 amide bonds. The summed E-state index contributed by atoms with van der Waals surface area (Å²) in [7, 11) is 0. The Morgan fingerprint density at radius 1 is 1.24 bits per heavy atom. The van der Waals surface area contributed by atoms with E-state index in [9.17, 15) is 14.4 Å². The summed E-state index contributed by atoms with van der Waals surface area (Å²) in [5.74, 6) is -1.19. The fraction of sp³-hybridized carbons (Fsp3) is 0.800. The lowest BCUT2D eigenvalue weighted by Gasteiger charge is -2.20. The Hall–Kier alpha value is -1.59. The fourth-order valence-corrected chi connectivity index (χ4v) is 2.34. The van der Waals surface area contributed by atoms with Crippen molar-refractivity contribution in [3.8, 4) is 0 Å². The molecule has 6 heteroatoms. The summed E-state index contributed by atoms with van der Waals surface area (Å²) < 4.78 is 0. The highest BCUT2D eigenvalue weighted by Crippen LogP contribution is 2.24. The third kappa shape index (κ3) is 5.36. The number of carbonyl (C=O) groups is 3. The fourth-order valence-electron chi connectivity index (χ4n) is 2.34. The minimum Gasteiger partial charge on any atom is -0.481 e. The van der Waals surface area contributed by atoms with Crippen LogP contribution < -0.4 is 10.6 Å². The van der Waals surface area contributed by atoms with Crippen molar-refractivity contribution in [2.24, 2.45) is 11.3 Å². The maximum absolute atomic E-state index is 11.9. The molecule has 1 aliphatic rings. The van der Waals surface area contributed by atoms with Gasteiger partial charge in [-0.15, -0.1) is 0 Å². The lowest BCUT2D eigenvalue weighted by Crippen LogP contribution is -2.47. The summed E-state index contributed by atoms with van der Waals surface area (Å²) in [5, 5.41) is 14.4. The molecule has 0 radical (unpaired) electrons. The summed E-state index contributed by atoms with van der Waals surface area (Å²) in [6.07, 6.45) is 4.28. The molecule has 21 heavy (non-hydrogen) atoms. The van der Waals surface area contributed by atoms with Crippen molar-refractivity contribution in [2.75, 3.05) is 6.54 Å².